The van der Waals surface area contributed by atoms with Crippen molar-refractivity contribution in [2.24, 2.45) is 10.8 Å². The quantitative estimate of drug-likeness (QED) is 0.495. The van der Waals surface area contributed by atoms with Gasteiger partial charge in [-0.1, -0.05) is 34.0 Å². The lowest BCUT2D eigenvalue weighted by molar-refractivity contribution is -0.113. The predicted molar refractivity (Wildman–Crippen MR) is 61.0 cm³/mol. The Morgan fingerprint density at radius 2 is 1.69 bits per heavy atom. The van der Waals surface area contributed by atoms with Crippen molar-refractivity contribution in [1.29, 1.82) is 0 Å². The smallest absolute Gasteiger partial charge is 0.222 e. The van der Waals surface area contributed by atoms with Crippen molar-refractivity contribution in [3.8, 4) is 0 Å². The molecule has 0 heterocycles. The average Bonchev–Trinajstić information content (AvgIpc) is 1.81. The van der Waals surface area contributed by atoms with E-state index in [9.17, 15) is 4.79 Å². The van der Waals surface area contributed by atoms with E-state index < -0.39 is 0 Å². The molecule has 13 heavy (non-hydrogen) atoms. The van der Waals surface area contributed by atoms with Crippen LogP contribution in [-0.4, -0.2) is 13.1 Å². The zero-order valence-corrected chi connectivity index (χ0v) is 10.2. The molecule has 0 unspecified atom stereocenters. The lowest BCUT2D eigenvalue weighted by Gasteiger charge is -2.33. The summed E-state index contributed by atoms with van der Waals surface area (Å²) in [4.78, 5) is 10.8. The predicted octanol–water partition coefficient (Wildman–Crippen LogP) is 2.64. The highest BCUT2D eigenvalue weighted by atomic mass is 35.5. The summed E-state index contributed by atoms with van der Waals surface area (Å²) in [5.41, 5.74) is 0.328. The van der Waals surface area contributed by atoms with Crippen LogP contribution in [0.3, 0.4) is 0 Å². The molecular formula is C10H20BClO. The summed E-state index contributed by atoms with van der Waals surface area (Å²) in [6, 6.07) is 0. The summed E-state index contributed by atoms with van der Waals surface area (Å²) in [7, 11) is 2.18. The second kappa shape index (κ2) is 4.50. The first kappa shape index (κ1) is 13.0. The third-order valence-electron chi connectivity index (χ3n) is 2.53. The summed E-state index contributed by atoms with van der Waals surface area (Å²) in [5.74, 6) is 0. The third-order valence-corrected chi connectivity index (χ3v) is 2.67. The maximum atomic E-state index is 10.8. The van der Waals surface area contributed by atoms with Gasteiger partial charge in [-0.25, -0.2) is 0 Å². The van der Waals surface area contributed by atoms with Gasteiger partial charge in [0.2, 0.25) is 5.24 Å². The fraction of sp³-hybridized carbons (Fsp3) is 0.900. The van der Waals surface area contributed by atoms with E-state index >= 15 is 0 Å². The maximum absolute atomic E-state index is 10.8. The summed E-state index contributed by atoms with van der Waals surface area (Å²) in [6.45, 7) is 8.66. The van der Waals surface area contributed by atoms with Crippen LogP contribution >= 0.6 is 11.6 Å². The van der Waals surface area contributed by atoms with E-state index in [-0.39, 0.29) is 10.7 Å². The monoisotopic (exact) mass is 202 g/mol. The highest BCUT2D eigenvalue weighted by Crippen LogP contribution is 2.38. The molecule has 0 radical (unpaired) electrons. The van der Waals surface area contributed by atoms with Gasteiger partial charge in [-0.2, -0.15) is 0 Å². The Hall–Kier alpha value is 0.0249. The topological polar surface area (TPSA) is 17.1 Å². The summed E-state index contributed by atoms with van der Waals surface area (Å²) >= 11 is 5.40. The van der Waals surface area contributed by atoms with Gasteiger partial charge in [0.15, 0.2) is 0 Å². The van der Waals surface area contributed by atoms with Gasteiger partial charge in [0.05, 0.1) is 0 Å². The minimum absolute atomic E-state index is 0.0261. The first-order chi connectivity index (χ1) is 5.68. The Bertz CT molecular complexity index is 187. The average molecular weight is 203 g/mol. The molecule has 0 amide bonds. The molecule has 0 saturated heterocycles. The number of carbonyl (C=O) groups excluding carboxylic acids is 1. The van der Waals surface area contributed by atoms with E-state index in [1.165, 1.54) is 0 Å². The number of rotatable bonds is 5. The van der Waals surface area contributed by atoms with Crippen LogP contribution in [0.4, 0.5) is 0 Å². The minimum atomic E-state index is -0.225. The number of carbonyl (C=O) groups is 1. The molecule has 0 aliphatic rings. The number of halogens is 1. The van der Waals surface area contributed by atoms with Crippen LogP contribution in [0.15, 0.2) is 0 Å². The molecule has 0 rings (SSSR count). The molecule has 0 saturated carbocycles. The molecule has 0 aromatic rings. The minimum Gasteiger partial charge on any atom is -0.281 e. The second-order valence-corrected chi connectivity index (χ2v) is 5.81. The van der Waals surface area contributed by atoms with Crippen LogP contribution in [0.1, 0.15) is 40.5 Å². The third kappa shape index (κ3) is 6.14. The van der Waals surface area contributed by atoms with Gasteiger partial charge in [-0.05, 0) is 28.9 Å². The molecule has 0 aliphatic heterocycles. The van der Waals surface area contributed by atoms with Gasteiger partial charge in [0, 0.05) is 6.42 Å². The summed E-state index contributed by atoms with van der Waals surface area (Å²) in [5, 5.41) is -0.225. The van der Waals surface area contributed by atoms with E-state index in [1.54, 1.807) is 0 Å². The molecule has 0 aromatic heterocycles. The van der Waals surface area contributed by atoms with E-state index in [1.807, 2.05) is 0 Å². The molecule has 3 heteroatoms. The van der Waals surface area contributed by atoms with E-state index in [2.05, 4.69) is 35.5 Å². The SMILES string of the molecule is BCC(C)(C)CC(C)(C)CC(=O)Cl. The van der Waals surface area contributed by atoms with Crippen molar-refractivity contribution in [1.82, 2.24) is 0 Å². The highest BCUT2D eigenvalue weighted by Gasteiger charge is 2.28. The Morgan fingerprint density at radius 1 is 1.23 bits per heavy atom. The first-order valence-corrected chi connectivity index (χ1v) is 5.25. The van der Waals surface area contributed by atoms with Crippen LogP contribution in [0.25, 0.3) is 0 Å². The molecule has 0 aromatic carbocycles. The Balaban J connectivity index is 4.24. The summed E-state index contributed by atoms with van der Waals surface area (Å²) in [6.07, 6.45) is 2.64. The van der Waals surface area contributed by atoms with Crippen molar-refractivity contribution in [3.63, 3.8) is 0 Å². The molecule has 0 fully saturated rings. The van der Waals surface area contributed by atoms with Gasteiger partial charge < -0.3 is 0 Å². The van der Waals surface area contributed by atoms with Crippen LogP contribution < -0.4 is 0 Å². The molecule has 76 valence electrons. The highest BCUT2D eigenvalue weighted by molar-refractivity contribution is 6.63. The maximum Gasteiger partial charge on any atom is 0.222 e. The summed E-state index contributed by atoms with van der Waals surface area (Å²) < 4.78 is 0. The molecule has 0 aliphatic carbocycles. The van der Waals surface area contributed by atoms with Gasteiger partial charge in [-0.15, -0.1) is 0 Å². The van der Waals surface area contributed by atoms with E-state index in [0.29, 0.717) is 11.8 Å². The van der Waals surface area contributed by atoms with Gasteiger partial charge in [-0.3, -0.25) is 4.79 Å². The lowest BCUT2D eigenvalue weighted by atomic mass is 9.68. The van der Waals surface area contributed by atoms with Gasteiger partial charge >= 0.3 is 0 Å². The zero-order valence-electron chi connectivity index (χ0n) is 9.41. The van der Waals surface area contributed by atoms with Crippen molar-refractivity contribution in [2.75, 3.05) is 0 Å². The zero-order chi connectivity index (χ0) is 10.7. The first-order valence-electron chi connectivity index (χ1n) is 4.87. The standard InChI is InChI=1S/C10H20BClO/c1-9(2,5-8(12)13)6-10(3,4)7-11/h5-7,11H2,1-4H3. The fourth-order valence-electron chi connectivity index (χ4n) is 1.86. The van der Waals surface area contributed by atoms with Crippen LogP contribution in [0.2, 0.25) is 6.32 Å². The largest absolute Gasteiger partial charge is 0.281 e. The normalized spacial score (nSPS) is 13.0. The van der Waals surface area contributed by atoms with Crippen LogP contribution in [-0.2, 0) is 4.79 Å². The fourth-order valence-corrected chi connectivity index (χ4v) is 2.22. The molecule has 1 nitrogen and oxygen atoms in total. The van der Waals surface area contributed by atoms with Crippen molar-refractivity contribution in [3.05, 3.63) is 0 Å². The van der Waals surface area contributed by atoms with E-state index in [0.717, 1.165) is 12.7 Å². The Kier molecular flexibility index (Phi) is 4.51. The van der Waals surface area contributed by atoms with Crippen molar-refractivity contribution in [2.45, 2.75) is 46.9 Å². The van der Waals surface area contributed by atoms with Crippen molar-refractivity contribution < 1.29 is 4.79 Å². The van der Waals surface area contributed by atoms with Crippen molar-refractivity contribution >= 4 is 24.7 Å². The molecule has 0 atom stereocenters. The van der Waals surface area contributed by atoms with Gasteiger partial charge in [0.25, 0.3) is 0 Å². The number of hydrogen-bond donors (Lipinski definition) is 0. The van der Waals surface area contributed by atoms with E-state index in [4.69, 9.17) is 11.6 Å². The molecule has 0 bridgehead atoms. The molecule has 0 spiro atoms. The second-order valence-electron chi connectivity index (χ2n) is 5.39. The Labute approximate surface area is 87.6 Å². The Morgan fingerprint density at radius 3 is 2.00 bits per heavy atom. The molecular weight excluding hydrogens is 182 g/mol. The number of hydrogen-bond acceptors (Lipinski definition) is 1. The molecule has 0 N–H and O–H groups in total. The lowest BCUT2D eigenvalue weighted by Crippen LogP contribution is -2.24. The van der Waals surface area contributed by atoms with Crippen LogP contribution in [0.5, 0.6) is 0 Å². The van der Waals surface area contributed by atoms with Crippen LogP contribution in [0, 0.1) is 10.8 Å². The van der Waals surface area contributed by atoms with Gasteiger partial charge in [0.1, 0.15) is 7.85 Å².